The molecule has 6 heteroatoms. The van der Waals surface area contributed by atoms with E-state index in [0.717, 1.165) is 22.4 Å². The van der Waals surface area contributed by atoms with Gasteiger partial charge >= 0.3 is 0 Å². The quantitative estimate of drug-likeness (QED) is 0.864. The molecule has 1 unspecified atom stereocenters. The Kier molecular flexibility index (Phi) is 3.22. The van der Waals surface area contributed by atoms with Crippen molar-refractivity contribution < 1.29 is 14.2 Å². The molecule has 2 aliphatic rings. The minimum Gasteiger partial charge on any atom is -0.497 e. The maximum atomic E-state index is 6.03. The monoisotopic (exact) mass is 339 g/mol. The molecule has 1 aromatic heterocycles. The first-order chi connectivity index (χ1) is 11.8. The van der Waals surface area contributed by atoms with Crippen molar-refractivity contribution in [1.29, 1.82) is 0 Å². The van der Waals surface area contributed by atoms with E-state index in [9.17, 15) is 0 Å². The van der Waals surface area contributed by atoms with Gasteiger partial charge in [0.05, 0.1) is 12.7 Å². The average molecular weight is 339 g/mol. The summed E-state index contributed by atoms with van der Waals surface area (Å²) in [6.07, 6.45) is 1.85. The number of nitrogens with two attached hydrogens (primary N) is 1. The zero-order valence-electron chi connectivity index (χ0n) is 14.8. The van der Waals surface area contributed by atoms with Gasteiger partial charge in [0.1, 0.15) is 18.1 Å². The lowest BCUT2D eigenvalue weighted by Gasteiger charge is -2.34. The fourth-order valence-electron chi connectivity index (χ4n) is 3.24. The third kappa shape index (κ3) is 2.32. The van der Waals surface area contributed by atoms with Crippen LogP contribution in [0.2, 0.25) is 0 Å². The van der Waals surface area contributed by atoms with Crippen LogP contribution in [0, 0.1) is 0 Å². The smallest absolute Gasteiger partial charge is 0.283 e. The van der Waals surface area contributed by atoms with E-state index in [1.165, 1.54) is 0 Å². The van der Waals surface area contributed by atoms with Crippen molar-refractivity contribution in [2.24, 2.45) is 10.7 Å². The summed E-state index contributed by atoms with van der Waals surface area (Å²) in [4.78, 5) is 9.21. The molecule has 0 amide bonds. The van der Waals surface area contributed by atoms with Gasteiger partial charge in [-0.3, -0.25) is 0 Å². The van der Waals surface area contributed by atoms with Gasteiger partial charge < -0.3 is 19.9 Å². The summed E-state index contributed by atoms with van der Waals surface area (Å²) in [6.45, 7) is 6.75. The fraction of sp³-hybridized carbons (Fsp3) is 0.368. The maximum absolute atomic E-state index is 6.03. The Morgan fingerprint density at radius 1 is 1.20 bits per heavy atom. The molecule has 3 heterocycles. The largest absolute Gasteiger partial charge is 0.497 e. The second-order valence-corrected chi connectivity index (χ2v) is 7.39. The van der Waals surface area contributed by atoms with Gasteiger partial charge in [0.2, 0.25) is 5.88 Å². The number of hydrogen-bond acceptors (Lipinski definition) is 6. The first kappa shape index (κ1) is 15.7. The zero-order chi connectivity index (χ0) is 17.8. The van der Waals surface area contributed by atoms with Crippen LogP contribution in [-0.4, -0.2) is 24.7 Å². The number of benzene rings is 1. The van der Waals surface area contributed by atoms with E-state index in [0.29, 0.717) is 18.2 Å². The van der Waals surface area contributed by atoms with Crippen LogP contribution in [0.15, 0.2) is 35.5 Å². The molecule has 4 rings (SSSR count). The van der Waals surface area contributed by atoms with Crippen molar-refractivity contribution in [3.8, 4) is 17.4 Å². The number of fused-ring (bicyclic) bond motifs is 4. The fourth-order valence-corrected chi connectivity index (χ4v) is 3.24. The minimum atomic E-state index is -0.768. The first-order valence-corrected chi connectivity index (χ1v) is 8.19. The van der Waals surface area contributed by atoms with Gasteiger partial charge in [0.15, 0.2) is 5.54 Å². The lowest BCUT2D eigenvalue weighted by molar-refractivity contribution is 0.261. The van der Waals surface area contributed by atoms with Gasteiger partial charge in [-0.1, -0.05) is 20.8 Å². The number of aromatic nitrogens is 1. The molecule has 0 bridgehead atoms. The summed E-state index contributed by atoms with van der Waals surface area (Å²) in [7, 11) is 1.63. The van der Waals surface area contributed by atoms with Gasteiger partial charge in [-0.05, 0) is 35.2 Å². The van der Waals surface area contributed by atoms with Crippen molar-refractivity contribution in [3.05, 3.63) is 47.2 Å². The molecule has 0 saturated heterocycles. The Morgan fingerprint density at radius 3 is 2.64 bits per heavy atom. The Hall–Kier alpha value is -2.76. The molecule has 0 saturated carbocycles. The highest BCUT2D eigenvalue weighted by atomic mass is 16.5. The molecule has 2 aliphatic heterocycles. The van der Waals surface area contributed by atoms with Crippen molar-refractivity contribution in [3.63, 3.8) is 0 Å². The Labute approximate surface area is 146 Å². The molecule has 25 heavy (non-hydrogen) atoms. The number of aliphatic imine (C=N–C) groups is 1. The van der Waals surface area contributed by atoms with Crippen molar-refractivity contribution >= 4 is 6.02 Å². The lowest BCUT2D eigenvalue weighted by atomic mass is 9.79. The standard InChI is InChI=1S/C19H21N3O3/c1-18(2,3)11-7-14-16(21-9-11)25-15-6-5-12(23-4)8-13(15)19(14)10-24-17(20)22-19/h5-9H,10H2,1-4H3,(H2,20,22). The van der Waals surface area contributed by atoms with Crippen LogP contribution in [0.25, 0.3) is 0 Å². The van der Waals surface area contributed by atoms with Gasteiger partial charge in [-0.15, -0.1) is 0 Å². The molecule has 0 fully saturated rings. The van der Waals surface area contributed by atoms with Crippen molar-refractivity contribution in [2.75, 3.05) is 13.7 Å². The van der Waals surface area contributed by atoms with E-state index in [1.54, 1.807) is 7.11 Å². The average Bonchev–Trinajstić information content (AvgIpc) is 2.96. The van der Waals surface area contributed by atoms with Crippen molar-refractivity contribution in [1.82, 2.24) is 4.98 Å². The van der Waals surface area contributed by atoms with E-state index in [4.69, 9.17) is 19.9 Å². The molecule has 2 aromatic rings. The second kappa shape index (κ2) is 5.12. The lowest BCUT2D eigenvalue weighted by Crippen LogP contribution is -2.32. The molecular formula is C19H21N3O3. The zero-order valence-corrected chi connectivity index (χ0v) is 14.8. The molecule has 2 N–H and O–H groups in total. The van der Waals surface area contributed by atoms with E-state index < -0.39 is 5.54 Å². The Bertz CT molecular complexity index is 886. The first-order valence-electron chi connectivity index (χ1n) is 8.19. The number of nitrogens with zero attached hydrogens (tertiary/aromatic N) is 2. The Balaban J connectivity index is 1.98. The third-order valence-electron chi connectivity index (χ3n) is 4.73. The SMILES string of the molecule is COc1ccc2c(c1)C1(COC(N)=N1)c1cc(C(C)(C)C)cnc1O2. The highest BCUT2D eigenvalue weighted by Gasteiger charge is 2.48. The van der Waals surface area contributed by atoms with Gasteiger partial charge in [0, 0.05) is 11.8 Å². The van der Waals surface area contributed by atoms with Crippen LogP contribution in [0.5, 0.6) is 17.4 Å². The minimum absolute atomic E-state index is 0.0490. The van der Waals surface area contributed by atoms with Crippen LogP contribution in [0.4, 0.5) is 0 Å². The van der Waals surface area contributed by atoms with E-state index in [2.05, 4.69) is 36.8 Å². The second-order valence-electron chi connectivity index (χ2n) is 7.39. The highest BCUT2D eigenvalue weighted by molar-refractivity contribution is 5.76. The number of amidine groups is 1. The molecule has 130 valence electrons. The van der Waals surface area contributed by atoms with Crippen molar-refractivity contribution in [2.45, 2.75) is 31.7 Å². The molecule has 1 aromatic carbocycles. The number of rotatable bonds is 1. The normalized spacial score (nSPS) is 21.0. The van der Waals surface area contributed by atoms with Crippen LogP contribution < -0.4 is 15.2 Å². The predicted octanol–water partition coefficient (Wildman–Crippen LogP) is 3.08. The van der Waals surface area contributed by atoms with E-state index >= 15 is 0 Å². The third-order valence-corrected chi connectivity index (χ3v) is 4.73. The molecule has 0 radical (unpaired) electrons. The van der Waals surface area contributed by atoms with Crippen LogP contribution in [0.3, 0.4) is 0 Å². The number of hydrogen-bond donors (Lipinski definition) is 1. The van der Waals surface area contributed by atoms with Crippen LogP contribution in [0.1, 0.15) is 37.5 Å². The van der Waals surface area contributed by atoms with Gasteiger partial charge in [-0.25, -0.2) is 9.98 Å². The summed E-state index contributed by atoms with van der Waals surface area (Å²) in [5.74, 6) is 1.95. The van der Waals surface area contributed by atoms with Gasteiger partial charge in [0.25, 0.3) is 6.02 Å². The molecule has 1 spiro atoms. The number of ether oxygens (including phenoxy) is 3. The summed E-state index contributed by atoms with van der Waals surface area (Å²) < 4.78 is 17.0. The molecule has 1 atom stereocenters. The highest BCUT2D eigenvalue weighted by Crippen LogP contribution is 2.51. The summed E-state index contributed by atoms with van der Waals surface area (Å²) in [6, 6.07) is 7.90. The number of methoxy groups -OCH3 is 1. The summed E-state index contributed by atoms with van der Waals surface area (Å²) in [5, 5.41) is 0. The van der Waals surface area contributed by atoms with Gasteiger partial charge in [-0.2, -0.15) is 0 Å². The molecule has 0 aliphatic carbocycles. The predicted molar refractivity (Wildman–Crippen MR) is 94.4 cm³/mol. The topological polar surface area (TPSA) is 79.0 Å². The van der Waals surface area contributed by atoms with E-state index in [-0.39, 0.29) is 11.4 Å². The molecule has 6 nitrogen and oxygen atoms in total. The summed E-state index contributed by atoms with van der Waals surface area (Å²) >= 11 is 0. The molecular weight excluding hydrogens is 318 g/mol. The number of pyridine rings is 1. The summed E-state index contributed by atoms with van der Waals surface area (Å²) in [5.41, 5.74) is 7.90. The maximum Gasteiger partial charge on any atom is 0.283 e. The van der Waals surface area contributed by atoms with Crippen LogP contribution >= 0.6 is 0 Å². The van der Waals surface area contributed by atoms with E-state index in [1.807, 2.05) is 24.4 Å². The Morgan fingerprint density at radius 2 is 2.00 bits per heavy atom. The van der Waals surface area contributed by atoms with Crippen LogP contribution in [-0.2, 0) is 15.7 Å².